The lowest BCUT2D eigenvalue weighted by Crippen LogP contribution is -2.47. The molecule has 1 atom stereocenters. The van der Waals surface area contributed by atoms with E-state index >= 15 is 0 Å². The standard InChI is InChI=1S/C17H22N4O3S2/c1-3-21-15(13-7-5-4-6-8-13)19-20-16(21)25-11-14(22)18-17(2)9-10-26(23,24)12-17/h4-8H,3,9-12H2,1-2H3,(H,18,22)/t17-/m0/s1. The van der Waals surface area contributed by atoms with Gasteiger partial charge in [0.15, 0.2) is 20.8 Å². The number of amides is 1. The monoisotopic (exact) mass is 394 g/mol. The van der Waals surface area contributed by atoms with E-state index in [0.29, 0.717) is 18.1 Å². The molecule has 7 nitrogen and oxygen atoms in total. The zero-order chi connectivity index (χ0) is 18.8. The predicted octanol–water partition coefficient (Wildman–Crippen LogP) is 1.75. The zero-order valence-electron chi connectivity index (χ0n) is 14.8. The maximum atomic E-state index is 12.3. The number of thioether (sulfide) groups is 1. The van der Waals surface area contributed by atoms with Gasteiger partial charge in [0.1, 0.15) is 0 Å². The second kappa shape index (κ2) is 7.40. The van der Waals surface area contributed by atoms with Crippen molar-refractivity contribution in [2.24, 2.45) is 0 Å². The smallest absolute Gasteiger partial charge is 0.230 e. The lowest BCUT2D eigenvalue weighted by Gasteiger charge is -2.23. The van der Waals surface area contributed by atoms with Crippen molar-refractivity contribution < 1.29 is 13.2 Å². The molecule has 0 unspecified atom stereocenters. The quantitative estimate of drug-likeness (QED) is 0.750. The molecule has 26 heavy (non-hydrogen) atoms. The third kappa shape index (κ3) is 4.27. The number of aromatic nitrogens is 3. The van der Waals surface area contributed by atoms with Crippen LogP contribution in [0.5, 0.6) is 0 Å². The highest BCUT2D eigenvalue weighted by Crippen LogP contribution is 2.25. The van der Waals surface area contributed by atoms with Crippen LogP contribution in [0.4, 0.5) is 0 Å². The van der Waals surface area contributed by atoms with Gasteiger partial charge in [0.25, 0.3) is 0 Å². The molecule has 0 radical (unpaired) electrons. The molecule has 0 bridgehead atoms. The molecule has 1 aliphatic rings. The highest BCUT2D eigenvalue weighted by atomic mass is 32.2. The minimum atomic E-state index is -3.05. The van der Waals surface area contributed by atoms with Gasteiger partial charge in [-0.2, -0.15) is 0 Å². The lowest BCUT2D eigenvalue weighted by atomic mass is 10.0. The van der Waals surface area contributed by atoms with Crippen molar-refractivity contribution in [3.63, 3.8) is 0 Å². The molecule has 9 heteroatoms. The van der Waals surface area contributed by atoms with Crippen molar-refractivity contribution in [2.75, 3.05) is 17.3 Å². The second-order valence-corrected chi connectivity index (χ2v) is 9.78. The van der Waals surface area contributed by atoms with Gasteiger partial charge >= 0.3 is 0 Å². The number of benzene rings is 1. The number of carbonyl (C=O) groups excluding carboxylic acids is 1. The Morgan fingerprint density at radius 1 is 1.31 bits per heavy atom. The van der Waals surface area contributed by atoms with Crippen LogP contribution in [0, 0.1) is 0 Å². The summed E-state index contributed by atoms with van der Waals surface area (Å²) < 4.78 is 25.3. The summed E-state index contributed by atoms with van der Waals surface area (Å²) in [6.45, 7) is 4.48. The SMILES string of the molecule is CCn1c(SCC(=O)N[C@@]2(C)CCS(=O)(=O)C2)nnc1-c1ccccc1. The van der Waals surface area contributed by atoms with Crippen LogP contribution in [0.3, 0.4) is 0 Å². The van der Waals surface area contributed by atoms with Gasteiger partial charge in [0.2, 0.25) is 5.91 Å². The average Bonchev–Trinajstić information content (AvgIpc) is 3.13. The van der Waals surface area contributed by atoms with Gasteiger partial charge in [-0.25, -0.2) is 8.42 Å². The molecule has 1 aromatic carbocycles. The average molecular weight is 395 g/mol. The Morgan fingerprint density at radius 3 is 2.65 bits per heavy atom. The molecule has 1 saturated heterocycles. The normalized spacial score (nSPS) is 21.6. The summed E-state index contributed by atoms with van der Waals surface area (Å²) in [5.74, 6) is 0.871. The molecule has 3 rings (SSSR count). The van der Waals surface area contributed by atoms with E-state index in [4.69, 9.17) is 0 Å². The van der Waals surface area contributed by atoms with E-state index in [2.05, 4.69) is 15.5 Å². The van der Waals surface area contributed by atoms with Crippen LogP contribution < -0.4 is 5.32 Å². The molecule has 1 N–H and O–H groups in total. The second-order valence-electron chi connectivity index (χ2n) is 6.66. The van der Waals surface area contributed by atoms with Gasteiger partial charge in [-0.15, -0.1) is 10.2 Å². The first-order chi connectivity index (χ1) is 12.3. The molecule has 1 amide bonds. The summed E-state index contributed by atoms with van der Waals surface area (Å²) in [4.78, 5) is 12.3. The number of hydrogen-bond acceptors (Lipinski definition) is 6. The highest BCUT2D eigenvalue weighted by Gasteiger charge is 2.39. The number of nitrogens with one attached hydrogen (secondary N) is 1. The van der Waals surface area contributed by atoms with E-state index in [1.165, 1.54) is 11.8 Å². The van der Waals surface area contributed by atoms with Gasteiger partial charge in [-0.1, -0.05) is 42.1 Å². The minimum absolute atomic E-state index is 0.000293. The van der Waals surface area contributed by atoms with Crippen molar-refractivity contribution >= 4 is 27.5 Å². The van der Waals surface area contributed by atoms with Crippen LogP contribution in [0.15, 0.2) is 35.5 Å². The maximum Gasteiger partial charge on any atom is 0.230 e. The fraction of sp³-hybridized carbons (Fsp3) is 0.471. The molecule has 0 saturated carbocycles. The minimum Gasteiger partial charge on any atom is -0.349 e. The summed E-state index contributed by atoms with van der Waals surface area (Å²) in [5, 5.41) is 12.0. The first kappa shape index (κ1) is 18.9. The Kier molecular flexibility index (Phi) is 5.38. The Hall–Kier alpha value is -1.87. The molecular weight excluding hydrogens is 372 g/mol. The molecule has 1 aromatic heterocycles. The number of nitrogens with zero attached hydrogens (tertiary/aromatic N) is 3. The summed E-state index contributed by atoms with van der Waals surface area (Å²) in [7, 11) is -3.05. The molecular formula is C17H22N4O3S2. The number of hydrogen-bond donors (Lipinski definition) is 1. The maximum absolute atomic E-state index is 12.3. The molecule has 2 aromatic rings. The lowest BCUT2D eigenvalue weighted by molar-refractivity contribution is -0.120. The number of carbonyl (C=O) groups is 1. The molecule has 140 valence electrons. The van der Waals surface area contributed by atoms with Crippen molar-refractivity contribution in [1.29, 1.82) is 0 Å². The van der Waals surface area contributed by atoms with Crippen LogP contribution >= 0.6 is 11.8 Å². The van der Waals surface area contributed by atoms with Gasteiger partial charge in [0, 0.05) is 12.1 Å². The summed E-state index contributed by atoms with van der Waals surface area (Å²) in [5.41, 5.74) is 0.297. The van der Waals surface area contributed by atoms with Crippen molar-refractivity contribution in [3.8, 4) is 11.4 Å². The van der Waals surface area contributed by atoms with Crippen LogP contribution in [0.2, 0.25) is 0 Å². The van der Waals surface area contributed by atoms with Crippen molar-refractivity contribution in [1.82, 2.24) is 20.1 Å². The fourth-order valence-electron chi connectivity index (χ4n) is 3.09. The van der Waals surface area contributed by atoms with E-state index in [1.54, 1.807) is 6.92 Å². The van der Waals surface area contributed by atoms with E-state index in [-0.39, 0.29) is 23.2 Å². The zero-order valence-corrected chi connectivity index (χ0v) is 16.4. The summed E-state index contributed by atoms with van der Waals surface area (Å²) >= 11 is 1.31. The van der Waals surface area contributed by atoms with E-state index in [0.717, 1.165) is 11.4 Å². The van der Waals surface area contributed by atoms with Crippen LogP contribution in [0.25, 0.3) is 11.4 Å². The Labute approximate surface area is 157 Å². The Balaban J connectivity index is 1.65. The number of rotatable bonds is 6. The van der Waals surface area contributed by atoms with Gasteiger partial charge < -0.3 is 9.88 Å². The van der Waals surface area contributed by atoms with Crippen molar-refractivity contribution in [2.45, 2.75) is 37.5 Å². The Morgan fingerprint density at radius 2 is 2.04 bits per heavy atom. The molecule has 2 heterocycles. The van der Waals surface area contributed by atoms with E-state index < -0.39 is 15.4 Å². The first-order valence-electron chi connectivity index (χ1n) is 8.45. The predicted molar refractivity (Wildman–Crippen MR) is 102 cm³/mol. The first-order valence-corrected chi connectivity index (χ1v) is 11.3. The molecule has 1 fully saturated rings. The van der Waals surface area contributed by atoms with Crippen LogP contribution in [-0.4, -0.2) is 51.9 Å². The fourth-order valence-corrected chi connectivity index (χ4v) is 5.99. The molecule has 1 aliphatic heterocycles. The van der Waals surface area contributed by atoms with Gasteiger partial charge in [0.05, 0.1) is 22.8 Å². The largest absolute Gasteiger partial charge is 0.349 e. The van der Waals surface area contributed by atoms with Crippen LogP contribution in [0.1, 0.15) is 20.3 Å². The highest BCUT2D eigenvalue weighted by molar-refractivity contribution is 7.99. The van der Waals surface area contributed by atoms with E-state index in [1.807, 2.05) is 41.8 Å². The third-order valence-electron chi connectivity index (χ3n) is 4.34. The summed E-state index contributed by atoms with van der Waals surface area (Å²) in [6, 6.07) is 9.78. The molecule has 0 spiro atoms. The summed E-state index contributed by atoms with van der Waals surface area (Å²) in [6.07, 6.45) is 0.453. The van der Waals surface area contributed by atoms with Gasteiger partial charge in [-0.05, 0) is 20.3 Å². The number of sulfone groups is 1. The van der Waals surface area contributed by atoms with Crippen molar-refractivity contribution in [3.05, 3.63) is 30.3 Å². The Bertz CT molecular complexity index is 896. The van der Waals surface area contributed by atoms with E-state index in [9.17, 15) is 13.2 Å². The van der Waals surface area contributed by atoms with Gasteiger partial charge in [-0.3, -0.25) is 4.79 Å². The van der Waals surface area contributed by atoms with Crippen LogP contribution in [-0.2, 0) is 21.2 Å². The third-order valence-corrected chi connectivity index (χ3v) is 7.21. The topological polar surface area (TPSA) is 94.0 Å². The molecule has 0 aliphatic carbocycles.